The van der Waals surface area contributed by atoms with Gasteiger partial charge in [-0.25, -0.2) is 9.37 Å². The lowest BCUT2D eigenvalue weighted by atomic mass is 9.78. The lowest BCUT2D eigenvalue weighted by Crippen LogP contribution is -2.46. The summed E-state index contributed by atoms with van der Waals surface area (Å²) in [5, 5.41) is 48.1. The standard InChI is InChI=1S/C43H47FN2O13/c1-17-11-10-12-18(2)42(54)46-33-37(52)29-28(32-40(33)58-27-16-24(48)15-25(44)31(27)45-32)30-39(22(6)36(29)51)59-43(8,41(30)53)56-14-13-26(55-9)19(3)38(57-23(7)47)21(5)35(50)20(4)34(17)49/h10-17,19-21,26,34-35,38,49-51,53H,1-9H3,(H,46,54)/b11-10+,14-13+,18-12-/t17-,19+,20+,21+,26-,34-,35+,38+,43-/m0/s1. The number of esters is 1. The Morgan fingerprint density at radius 2 is 1.66 bits per heavy atom. The highest BCUT2D eigenvalue weighted by Crippen LogP contribution is 2.42. The Labute approximate surface area is 337 Å². The number of amides is 1. The topological polar surface area (TPSA) is 224 Å². The lowest BCUT2D eigenvalue weighted by molar-refractivity contribution is -0.160. The van der Waals surface area contributed by atoms with Crippen LogP contribution < -0.4 is 26.1 Å². The highest BCUT2D eigenvalue weighted by Gasteiger charge is 2.44. The maximum Gasteiger partial charge on any atom is 0.307 e. The van der Waals surface area contributed by atoms with Crippen molar-refractivity contribution in [3.05, 3.63) is 85.3 Å². The first kappa shape index (κ1) is 42.8. The second-order valence-corrected chi connectivity index (χ2v) is 15.5. The molecule has 0 spiro atoms. The largest absolute Gasteiger partial charge is 0.507 e. The zero-order valence-electron chi connectivity index (χ0n) is 33.9. The minimum atomic E-state index is -2.02. The predicted octanol–water partition coefficient (Wildman–Crippen LogP) is 4.70. The van der Waals surface area contributed by atoms with Crippen molar-refractivity contribution in [1.29, 1.82) is 0 Å². The number of aliphatic hydroxyl groups is 3. The second-order valence-electron chi connectivity index (χ2n) is 15.5. The van der Waals surface area contributed by atoms with Gasteiger partial charge in [-0.2, -0.15) is 0 Å². The van der Waals surface area contributed by atoms with Crippen molar-refractivity contribution in [2.75, 3.05) is 12.4 Å². The van der Waals surface area contributed by atoms with Crippen molar-refractivity contribution < 1.29 is 57.8 Å². The number of phenolic OH excluding ortho intramolecular Hbond substituents is 1. The number of nitrogens with zero attached hydrogens (tertiary/aromatic N) is 1. The molecule has 1 aromatic heterocycles. The lowest BCUT2D eigenvalue weighted by Gasteiger charge is -2.38. The van der Waals surface area contributed by atoms with Gasteiger partial charge in [0.2, 0.25) is 5.43 Å². The number of benzene rings is 3. The number of ether oxygens (including phenoxy) is 4. The van der Waals surface area contributed by atoms with Gasteiger partial charge in [0.1, 0.15) is 34.3 Å². The van der Waals surface area contributed by atoms with Gasteiger partial charge in [0.15, 0.2) is 28.2 Å². The van der Waals surface area contributed by atoms with Gasteiger partial charge in [0.25, 0.3) is 5.91 Å². The Morgan fingerprint density at radius 3 is 2.32 bits per heavy atom. The van der Waals surface area contributed by atoms with Crippen molar-refractivity contribution in [3.8, 4) is 11.5 Å². The molecule has 4 aromatic rings. The maximum absolute atomic E-state index is 15.3. The fourth-order valence-electron chi connectivity index (χ4n) is 7.86. The molecule has 4 bridgehead atoms. The Hall–Kier alpha value is -5.84. The summed E-state index contributed by atoms with van der Waals surface area (Å²) in [6.07, 6.45) is 3.23. The molecular formula is C43H47FN2O13. The first-order chi connectivity index (χ1) is 27.7. The number of anilines is 1. The third-order valence-electron chi connectivity index (χ3n) is 11.4. The molecule has 1 amide bonds. The van der Waals surface area contributed by atoms with E-state index in [4.69, 9.17) is 23.4 Å². The van der Waals surface area contributed by atoms with Crippen molar-refractivity contribution in [2.24, 2.45) is 23.7 Å². The van der Waals surface area contributed by atoms with Crippen LogP contribution in [0, 0.1) is 36.4 Å². The summed E-state index contributed by atoms with van der Waals surface area (Å²) in [6.45, 7) is 12.3. The van der Waals surface area contributed by atoms with Gasteiger partial charge in [-0.3, -0.25) is 19.2 Å². The number of aromatic nitrogens is 1. The van der Waals surface area contributed by atoms with E-state index in [1.165, 1.54) is 59.3 Å². The zero-order chi connectivity index (χ0) is 43.4. The van der Waals surface area contributed by atoms with Gasteiger partial charge >= 0.3 is 11.8 Å². The van der Waals surface area contributed by atoms with E-state index in [0.29, 0.717) is 6.07 Å². The zero-order valence-corrected chi connectivity index (χ0v) is 33.9. The van der Waals surface area contributed by atoms with Crippen LogP contribution in [0.15, 0.2) is 62.3 Å². The molecule has 0 saturated heterocycles. The van der Waals surface area contributed by atoms with Gasteiger partial charge in [-0.05, 0) is 19.9 Å². The summed E-state index contributed by atoms with van der Waals surface area (Å²) in [6, 6.07) is 1.65. The SMILES string of the molecule is CO[C@H]1/C=C/O[C@@]2(C)Oc3c(C)c(O)c4c(=O)c(c5oc6cc(=O)cc(F)c6nc5c4c3=C2O)NC(=O)/C(C)=C\C=C\[C@H](C)[C@H](O)[C@@H](C)[C@@H](O)[C@@H](C)[C@H](OC(C)=O)[C@@H]1C. The number of aromatic hydroxyl groups is 1. The minimum Gasteiger partial charge on any atom is -0.507 e. The summed E-state index contributed by atoms with van der Waals surface area (Å²) >= 11 is 0. The third kappa shape index (κ3) is 7.51. The Balaban J connectivity index is 1.64. The highest BCUT2D eigenvalue weighted by molar-refractivity contribution is 6.16. The van der Waals surface area contributed by atoms with Crippen LogP contribution in [0.2, 0.25) is 0 Å². The number of hydrogen-bond acceptors (Lipinski definition) is 14. The summed E-state index contributed by atoms with van der Waals surface area (Å²) in [4.78, 5) is 57.3. The number of carbonyl (C=O) groups is 2. The molecule has 0 unspecified atom stereocenters. The van der Waals surface area contributed by atoms with Crippen LogP contribution in [0.3, 0.4) is 0 Å². The van der Waals surface area contributed by atoms with Gasteiger partial charge in [-0.1, -0.05) is 45.9 Å². The first-order valence-corrected chi connectivity index (χ1v) is 19.0. The maximum atomic E-state index is 15.3. The Kier molecular flexibility index (Phi) is 11.6. The fourth-order valence-corrected chi connectivity index (χ4v) is 7.86. The van der Waals surface area contributed by atoms with Crippen molar-refractivity contribution in [1.82, 2.24) is 4.98 Å². The van der Waals surface area contributed by atoms with Crippen LogP contribution in [0.4, 0.5) is 10.1 Å². The molecule has 6 rings (SSSR count). The number of aliphatic hydroxyl groups excluding tert-OH is 3. The predicted molar refractivity (Wildman–Crippen MR) is 215 cm³/mol. The van der Waals surface area contributed by atoms with Gasteiger partial charge in [0.05, 0.1) is 35.2 Å². The number of fused-ring (bicyclic) bond motifs is 2. The van der Waals surface area contributed by atoms with E-state index in [0.717, 1.165) is 6.07 Å². The minimum absolute atomic E-state index is 0.00131. The van der Waals surface area contributed by atoms with E-state index < -0.39 is 116 Å². The molecule has 3 heterocycles. The molecule has 15 nitrogen and oxygen atoms in total. The van der Waals surface area contributed by atoms with E-state index in [9.17, 15) is 39.6 Å². The molecule has 2 aliphatic rings. The molecular weight excluding hydrogens is 771 g/mol. The van der Waals surface area contributed by atoms with Crippen LogP contribution in [0.25, 0.3) is 38.7 Å². The smallest absolute Gasteiger partial charge is 0.307 e. The number of nitrogens with one attached hydrogen (secondary N) is 1. The highest BCUT2D eigenvalue weighted by atomic mass is 19.1. The average Bonchev–Trinajstić information content (AvgIpc) is 3.45. The summed E-state index contributed by atoms with van der Waals surface area (Å²) in [7, 11) is 1.42. The van der Waals surface area contributed by atoms with Crippen molar-refractivity contribution in [3.63, 3.8) is 0 Å². The molecule has 9 atom stereocenters. The first-order valence-electron chi connectivity index (χ1n) is 19.0. The number of halogens is 1. The summed E-state index contributed by atoms with van der Waals surface area (Å²) in [5.41, 5.74) is -3.61. The fraction of sp³-hybridized carbons (Fsp3) is 0.419. The van der Waals surface area contributed by atoms with E-state index in [1.54, 1.807) is 33.8 Å². The van der Waals surface area contributed by atoms with E-state index in [2.05, 4.69) is 10.3 Å². The second kappa shape index (κ2) is 16.1. The number of carbonyl (C=O) groups excluding carboxylic acids is 2. The number of rotatable bonds is 2. The normalized spacial score (nSPS) is 30.1. The Bertz CT molecular complexity index is 2650. The van der Waals surface area contributed by atoms with Crippen LogP contribution in [-0.2, 0) is 23.8 Å². The van der Waals surface area contributed by atoms with Gasteiger partial charge in [-0.15, -0.1) is 0 Å². The molecule has 0 saturated carbocycles. The molecule has 0 fully saturated rings. The van der Waals surface area contributed by atoms with E-state index in [-0.39, 0.29) is 38.6 Å². The quantitative estimate of drug-likeness (QED) is 0.105. The summed E-state index contributed by atoms with van der Waals surface area (Å²) in [5.74, 6) is -8.39. The molecule has 3 aromatic carbocycles. The average molecular weight is 819 g/mol. The van der Waals surface area contributed by atoms with Gasteiger partial charge < -0.3 is 49.1 Å². The molecule has 5 N–H and O–H groups in total. The van der Waals surface area contributed by atoms with Crippen molar-refractivity contribution in [2.45, 2.75) is 85.6 Å². The molecule has 0 radical (unpaired) electrons. The third-order valence-corrected chi connectivity index (χ3v) is 11.4. The molecule has 59 heavy (non-hydrogen) atoms. The van der Waals surface area contributed by atoms with Gasteiger partial charge in [0, 0.05) is 73.3 Å². The molecule has 2 aliphatic heterocycles. The number of methoxy groups -OCH3 is 1. The Morgan fingerprint density at radius 1 is 0.966 bits per heavy atom. The van der Waals surface area contributed by atoms with Crippen LogP contribution in [-0.4, -0.2) is 74.6 Å². The van der Waals surface area contributed by atoms with Crippen molar-refractivity contribution >= 4 is 56.3 Å². The van der Waals surface area contributed by atoms with Crippen LogP contribution in [0.5, 0.6) is 11.5 Å². The summed E-state index contributed by atoms with van der Waals surface area (Å²) < 4.78 is 44.9. The van der Waals surface area contributed by atoms with Crippen LogP contribution >= 0.6 is 0 Å². The number of phenols is 1. The molecule has 314 valence electrons. The number of allylic oxidation sites excluding steroid dienone is 2. The van der Waals surface area contributed by atoms with E-state index in [1.807, 2.05) is 0 Å². The molecule has 0 aliphatic carbocycles. The van der Waals surface area contributed by atoms with E-state index >= 15 is 4.39 Å². The van der Waals surface area contributed by atoms with Crippen LogP contribution in [0.1, 0.15) is 54.0 Å². The molecule has 16 heteroatoms. The number of hydrogen-bond donors (Lipinski definition) is 5. The monoisotopic (exact) mass is 818 g/mol.